The molecule has 0 spiro atoms. The SMILES string of the molecule is O=c1cc(/C=N/OCC(CO/N=C/c2ccc(O)c(O)c2)CO/N=C/c2cc(=O)[nH]c(=O)[nH]2)[nH]c(=O)[nH]1. The van der Waals surface area contributed by atoms with Crippen molar-refractivity contribution in [1.82, 2.24) is 19.9 Å². The van der Waals surface area contributed by atoms with E-state index in [0.29, 0.717) is 5.56 Å². The maximum Gasteiger partial charge on any atom is 0.326 e. The number of benzene rings is 1. The number of nitrogens with one attached hydrogen (secondary N) is 4. The molecule has 3 aromatic rings. The number of phenols is 2. The Bertz CT molecular complexity index is 1380. The first-order chi connectivity index (χ1) is 17.8. The number of phenolic OH excluding ortho intramolecular Hbond substituents is 2. The quantitative estimate of drug-likeness (QED) is 0.0975. The molecule has 3 rings (SSSR count). The lowest BCUT2D eigenvalue weighted by molar-refractivity contribution is -0.00116. The van der Waals surface area contributed by atoms with Crippen LogP contribution < -0.4 is 22.5 Å². The van der Waals surface area contributed by atoms with Crippen molar-refractivity contribution in [3.63, 3.8) is 0 Å². The zero-order valence-corrected chi connectivity index (χ0v) is 18.9. The Labute approximate surface area is 205 Å². The van der Waals surface area contributed by atoms with Crippen molar-refractivity contribution in [2.24, 2.45) is 21.4 Å². The molecule has 0 fully saturated rings. The summed E-state index contributed by atoms with van der Waals surface area (Å²) in [6.45, 7) is -0.150. The predicted molar refractivity (Wildman–Crippen MR) is 129 cm³/mol. The normalized spacial score (nSPS) is 11.6. The van der Waals surface area contributed by atoms with Gasteiger partial charge in [0.1, 0.15) is 19.8 Å². The molecule has 0 bridgehead atoms. The van der Waals surface area contributed by atoms with E-state index in [1.165, 1.54) is 24.4 Å². The van der Waals surface area contributed by atoms with E-state index in [1.54, 1.807) is 0 Å². The summed E-state index contributed by atoms with van der Waals surface area (Å²) in [6.07, 6.45) is 3.57. The molecule has 16 heteroatoms. The van der Waals surface area contributed by atoms with Crippen molar-refractivity contribution in [2.75, 3.05) is 19.8 Å². The van der Waals surface area contributed by atoms with E-state index in [-0.39, 0.29) is 42.7 Å². The number of hydrogen-bond donors (Lipinski definition) is 6. The molecule has 0 aliphatic carbocycles. The van der Waals surface area contributed by atoms with Crippen molar-refractivity contribution in [3.8, 4) is 11.5 Å². The van der Waals surface area contributed by atoms with Gasteiger partial charge >= 0.3 is 11.4 Å². The van der Waals surface area contributed by atoms with Crippen LogP contribution in [0.3, 0.4) is 0 Å². The Balaban J connectivity index is 1.58. The molecule has 0 aliphatic heterocycles. The van der Waals surface area contributed by atoms with Gasteiger partial charge in [0.15, 0.2) is 11.5 Å². The molecule has 6 N–H and O–H groups in total. The Morgan fingerprint density at radius 3 is 1.62 bits per heavy atom. The summed E-state index contributed by atoms with van der Waals surface area (Å²) >= 11 is 0. The van der Waals surface area contributed by atoms with Gasteiger partial charge in [-0.1, -0.05) is 15.5 Å². The number of aromatic hydroxyl groups is 2. The zero-order valence-electron chi connectivity index (χ0n) is 18.9. The second kappa shape index (κ2) is 12.9. The number of nitrogens with zero attached hydrogens (tertiary/aromatic N) is 3. The standard InChI is InChI=1S/C21H21N7O9/c29-16-2-1-12(3-17(16)30)6-22-35-9-13(10-36-23-7-14-4-18(31)27-20(33)25-14)11-37-24-8-15-5-19(32)28-21(34)26-15/h1-8,13,29-30H,9-11H2,(H2,25,27,31,33)(H2,26,28,32,34)/b22-6+,23-7+,24-8+. The second-order valence-corrected chi connectivity index (χ2v) is 7.29. The number of rotatable bonds is 12. The Kier molecular flexibility index (Phi) is 9.12. The summed E-state index contributed by atoms with van der Waals surface area (Å²) in [7, 11) is 0. The van der Waals surface area contributed by atoms with Crippen LogP contribution in [0, 0.1) is 5.92 Å². The highest BCUT2D eigenvalue weighted by atomic mass is 16.7. The number of oxime groups is 3. The molecule has 194 valence electrons. The lowest BCUT2D eigenvalue weighted by Crippen LogP contribution is -2.23. The van der Waals surface area contributed by atoms with Gasteiger partial charge in [0.05, 0.1) is 35.9 Å². The first-order valence-corrected chi connectivity index (χ1v) is 10.4. The maximum absolute atomic E-state index is 11.3. The van der Waals surface area contributed by atoms with Gasteiger partial charge in [-0.05, 0) is 23.8 Å². The minimum atomic E-state index is -0.701. The van der Waals surface area contributed by atoms with Gasteiger partial charge in [-0.25, -0.2) is 9.59 Å². The highest BCUT2D eigenvalue weighted by molar-refractivity contribution is 5.80. The minimum absolute atomic E-state index is 0.0325. The fraction of sp³-hybridized carbons (Fsp3) is 0.190. The van der Waals surface area contributed by atoms with Gasteiger partial charge in [0, 0.05) is 12.1 Å². The molecular weight excluding hydrogens is 494 g/mol. The number of aromatic amines is 4. The highest BCUT2D eigenvalue weighted by Crippen LogP contribution is 2.24. The van der Waals surface area contributed by atoms with Crippen LogP contribution in [0.1, 0.15) is 17.0 Å². The second-order valence-electron chi connectivity index (χ2n) is 7.29. The molecule has 0 unspecified atom stereocenters. The molecule has 2 aromatic heterocycles. The van der Waals surface area contributed by atoms with Gasteiger partial charge in [-0.3, -0.25) is 19.6 Å². The van der Waals surface area contributed by atoms with Crippen LogP contribution in [-0.2, 0) is 14.5 Å². The molecule has 0 aliphatic rings. The summed E-state index contributed by atoms with van der Waals surface area (Å²) in [5.74, 6) is -1.08. The molecular formula is C21H21N7O9. The van der Waals surface area contributed by atoms with E-state index >= 15 is 0 Å². The number of aromatic nitrogens is 4. The van der Waals surface area contributed by atoms with Crippen molar-refractivity contribution in [1.29, 1.82) is 0 Å². The van der Waals surface area contributed by atoms with Gasteiger partial charge < -0.3 is 34.7 Å². The van der Waals surface area contributed by atoms with Crippen molar-refractivity contribution >= 4 is 18.6 Å². The summed E-state index contributed by atoms with van der Waals surface area (Å²) in [5.41, 5.74) is -1.91. The molecule has 0 amide bonds. The van der Waals surface area contributed by atoms with Crippen molar-refractivity contribution in [2.45, 2.75) is 0 Å². The summed E-state index contributed by atoms with van der Waals surface area (Å²) in [6, 6.07) is 6.31. The molecule has 0 saturated carbocycles. The van der Waals surface area contributed by atoms with Crippen LogP contribution >= 0.6 is 0 Å². The average Bonchev–Trinajstić information content (AvgIpc) is 2.82. The molecule has 0 radical (unpaired) electrons. The number of hydrogen-bond acceptors (Lipinski definition) is 12. The summed E-state index contributed by atoms with van der Waals surface area (Å²) in [5, 5.41) is 30.0. The molecule has 16 nitrogen and oxygen atoms in total. The van der Waals surface area contributed by atoms with E-state index in [1.807, 2.05) is 9.97 Å². The Morgan fingerprint density at radius 1 is 0.676 bits per heavy atom. The van der Waals surface area contributed by atoms with Gasteiger partial charge in [0.25, 0.3) is 11.1 Å². The van der Waals surface area contributed by atoms with Crippen LogP contribution in [0.4, 0.5) is 0 Å². The third-order valence-corrected chi connectivity index (χ3v) is 4.30. The minimum Gasteiger partial charge on any atom is -0.504 e. The van der Waals surface area contributed by atoms with Crippen LogP contribution in [0.25, 0.3) is 0 Å². The van der Waals surface area contributed by atoms with Crippen LogP contribution in [0.5, 0.6) is 11.5 Å². The number of H-pyrrole nitrogens is 4. The lowest BCUT2D eigenvalue weighted by Gasteiger charge is -2.12. The van der Waals surface area contributed by atoms with E-state index < -0.39 is 28.4 Å². The van der Waals surface area contributed by atoms with Crippen LogP contribution in [-0.4, -0.2) is 68.6 Å². The fourth-order valence-electron chi connectivity index (χ4n) is 2.61. The molecule has 0 saturated heterocycles. The topological polar surface area (TPSA) is 237 Å². The smallest absolute Gasteiger partial charge is 0.326 e. The largest absolute Gasteiger partial charge is 0.504 e. The first kappa shape index (κ1) is 26.2. The summed E-state index contributed by atoms with van der Waals surface area (Å²) in [4.78, 5) is 69.6. The van der Waals surface area contributed by atoms with Crippen LogP contribution in [0.2, 0.25) is 0 Å². The van der Waals surface area contributed by atoms with Gasteiger partial charge in [-0.2, -0.15) is 0 Å². The van der Waals surface area contributed by atoms with E-state index in [4.69, 9.17) is 14.5 Å². The maximum atomic E-state index is 11.3. The lowest BCUT2D eigenvalue weighted by atomic mass is 10.2. The zero-order chi connectivity index (χ0) is 26.6. The molecule has 0 atom stereocenters. The molecule has 37 heavy (non-hydrogen) atoms. The monoisotopic (exact) mass is 515 g/mol. The Hall–Kier alpha value is -5.41. The third-order valence-electron chi connectivity index (χ3n) is 4.30. The van der Waals surface area contributed by atoms with Gasteiger partial charge in [0.2, 0.25) is 0 Å². The Morgan fingerprint density at radius 2 is 1.16 bits per heavy atom. The average molecular weight is 515 g/mol. The van der Waals surface area contributed by atoms with E-state index in [0.717, 1.165) is 24.6 Å². The van der Waals surface area contributed by atoms with E-state index in [9.17, 15) is 29.4 Å². The van der Waals surface area contributed by atoms with Crippen LogP contribution in [0.15, 0.2) is 65.0 Å². The fourth-order valence-corrected chi connectivity index (χ4v) is 2.61. The van der Waals surface area contributed by atoms with Gasteiger partial charge in [-0.15, -0.1) is 0 Å². The first-order valence-electron chi connectivity index (χ1n) is 10.4. The van der Waals surface area contributed by atoms with Crippen molar-refractivity contribution in [3.05, 3.63) is 89.0 Å². The molecule has 1 aromatic carbocycles. The summed E-state index contributed by atoms with van der Waals surface area (Å²) < 4.78 is 0. The molecule has 2 heterocycles. The predicted octanol–water partition coefficient (Wildman–Crippen LogP) is -1.08. The highest BCUT2D eigenvalue weighted by Gasteiger charge is 2.12. The van der Waals surface area contributed by atoms with Crippen molar-refractivity contribution < 1.29 is 24.7 Å². The van der Waals surface area contributed by atoms with E-state index in [2.05, 4.69) is 25.4 Å². The third kappa shape index (κ3) is 9.04.